The van der Waals surface area contributed by atoms with E-state index in [1.807, 2.05) is 0 Å². The van der Waals surface area contributed by atoms with Gasteiger partial charge in [0.2, 0.25) is 0 Å². The van der Waals surface area contributed by atoms with E-state index in [-0.39, 0.29) is 18.4 Å². The standard InChI is InChI=1S/C14H17N3O3.ClH/c15-9-11-1-3-13(4-2-11)20-8-5-12-10-17(14(18)19)7-6-16-12;/h1-4,12,16H,5-8,10H2,(H,18,19);1H/t12-;/m1./s1. The quantitative estimate of drug-likeness (QED) is 0.884. The second-order valence-corrected chi connectivity index (χ2v) is 4.65. The lowest BCUT2D eigenvalue weighted by Crippen LogP contribution is -2.52. The molecule has 1 saturated heterocycles. The molecule has 1 aromatic rings. The number of nitrogens with one attached hydrogen (secondary N) is 1. The zero-order chi connectivity index (χ0) is 14.4. The minimum atomic E-state index is -0.871. The summed E-state index contributed by atoms with van der Waals surface area (Å²) in [6.07, 6.45) is -0.131. The van der Waals surface area contributed by atoms with Gasteiger partial charge in [-0.3, -0.25) is 0 Å². The van der Waals surface area contributed by atoms with E-state index >= 15 is 0 Å². The average molecular weight is 312 g/mol. The molecule has 6 nitrogen and oxygen atoms in total. The maximum Gasteiger partial charge on any atom is 0.407 e. The van der Waals surface area contributed by atoms with Crippen LogP contribution in [-0.2, 0) is 0 Å². The predicted molar refractivity (Wildman–Crippen MR) is 79.9 cm³/mol. The van der Waals surface area contributed by atoms with E-state index in [0.29, 0.717) is 31.8 Å². The first-order chi connectivity index (χ1) is 9.69. The highest BCUT2D eigenvalue weighted by Crippen LogP contribution is 2.12. The monoisotopic (exact) mass is 311 g/mol. The van der Waals surface area contributed by atoms with Gasteiger partial charge in [-0.1, -0.05) is 0 Å². The van der Waals surface area contributed by atoms with E-state index in [1.54, 1.807) is 24.3 Å². The third kappa shape index (κ3) is 5.14. The summed E-state index contributed by atoms with van der Waals surface area (Å²) in [4.78, 5) is 12.3. The molecule has 21 heavy (non-hydrogen) atoms. The van der Waals surface area contributed by atoms with Crippen molar-refractivity contribution in [2.24, 2.45) is 0 Å². The topological polar surface area (TPSA) is 85.6 Å². The van der Waals surface area contributed by atoms with Gasteiger partial charge in [-0.25, -0.2) is 4.79 Å². The van der Waals surface area contributed by atoms with Crippen molar-refractivity contribution in [3.8, 4) is 11.8 Å². The van der Waals surface area contributed by atoms with Crippen LogP contribution in [0.4, 0.5) is 4.79 Å². The van der Waals surface area contributed by atoms with Crippen LogP contribution in [0.25, 0.3) is 0 Å². The lowest BCUT2D eigenvalue weighted by Gasteiger charge is -2.31. The Morgan fingerprint density at radius 3 is 2.81 bits per heavy atom. The molecule has 2 rings (SSSR count). The highest BCUT2D eigenvalue weighted by Gasteiger charge is 2.22. The Hall–Kier alpha value is -1.97. The highest BCUT2D eigenvalue weighted by molar-refractivity contribution is 5.85. The Kier molecular flexibility index (Phi) is 6.79. The molecule has 1 heterocycles. The van der Waals surface area contributed by atoms with Crippen LogP contribution in [-0.4, -0.2) is 48.4 Å². The van der Waals surface area contributed by atoms with Gasteiger partial charge in [-0.05, 0) is 30.7 Å². The summed E-state index contributed by atoms with van der Waals surface area (Å²) >= 11 is 0. The van der Waals surface area contributed by atoms with Gasteiger partial charge in [-0.2, -0.15) is 5.26 Å². The van der Waals surface area contributed by atoms with Crippen molar-refractivity contribution in [2.75, 3.05) is 26.2 Å². The third-order valence-electron chi connectivity index (χ3n) is 3.24. The molecule has 1 fully saturated rings. The van der Waals surface area contributed by atoms with Crippen LogP contribution in [0.5, 0.6) is 5.75 Å². The fourth-order valence-corrected chi connectivity index (χ4v) is 2.14. The molecule has 1 aliphatic rings. The van der Waals surface area contributed by atoms with Gasteiger partial charge in [0.05, 0.1) is 18.2 Å². The average Bonchev–Trinajstić information content (AvgIpc) is 2.48. The third-order valence-corrected chi connectivity index (χ3v) is 3.24. The first-order valence-electron chi connectivity index (χ1n) is 6.53. The molecule has 1 atom stereocenters. The number of nitrogens with zero attached hydrogens (tertiary/aromatic N) is 2. The number of amides is 1. The SMILES string of the molecule is Cl.N#Cc1ccc(OCC[C@@H]2CN(C(=O)O)CCN2)cc1. The summed E-state index contributed by atoms with van der Waals surface area (Å²) in [5, 5.41) is 20.9. The Bertz CT molecular complexity index is 501. The number of rotatable bonds is 4. The first kappa shape index (κ1) is 17.1. The van der Waals surface area contributed by atoms with Crippen LogP contribution in [0.15, 0.2) is 24.3 Å². The van der Waals surface area contributed by atoms with Gasteiger partial charge in [0.25, 0.3) is 0 Å². The van der Waals surface area contributed by atoms with Crippen molar-refractivity contribution < 1.29 is 14.6 Å². The lowest BCUT2D eigenvalue weighted by molar-refractivity contribution is 0.124. The molecule has 0 spiro atoms. The van der Waals surface area contributed by atoms with Crippen LogP contribution in [0, 0.1) is 11.3 Å². The Morgan fingerprint density at radius 1 is 1.48 bits per heavy atom. The van der Waals surface area contributed by atoms with E-state index < -0.39 is 6.09 Å². The molecular weight excluding hydrogens is 294 g/mol. The molecule has 0 bridgehead atoms. The summed E-state index contributed by atoms with van der Waals surface area (Å²) in [6, 6.07) is 9.11. The lowest BCUT2D eigenvalue weighted by atomic mass is 10.1. The van der Waals surface area contributed by atoms with Crippen LogP contribution in [0.3, 0.4) is 0 Å². The van der Waals surface area contributed by atoms with Crippen LogP contribution in [0.1, 0.15) is 12.0 Å². The largest absolute Gasteiger partial charge is 0.494 e. The maximum atomic E-state index is 10.9. The molecule has 7 heteroatoms. The van der Waals surface area contributed by atoms with Gasteiger partial charge >= 0.3 is 6.09 Å². The molecule has 1 aliphatic heterocycles. The molecule has 0 unspecified atom stereocenters. The van der Waals surface area contributed by atoms with Gasteiger partial charge < -0.3 is 20.1 Å². The van der Waals surface area contributed by atoms with Crippen LogP contribution >= 0.6 is 12.4 Å². The zero-order valence-corrected chi connectivity index (χ0v) is 12.3. The Labute approximate surface area is 129 Å². The highest BCUT2D eigenvalue weighted by atomic mass is 35.5. The summed E-state index contributed by atoms with van der Waals surface area (Å²) in [6.45, 7) is 2.21. The predicted octanol–water partition coefficient (Wildman–Crippen LogP) is 1.70. The van der Waals surface area contributed by atoms with Crippen molar-refractivity contribution >= 4 is 18.5 Å². The number of nitriles is 1. The first-order valence-corrected chi connectivity index (χ1v) is 6.53. The minimum Gasteiger partial charge on any atom is -0.494 e. The molecular formula is C14H18ClN3O3. The van der Waals surface area contributed by atoms with Gasteiger partial charge in [0.15, 0.2) is 0 Å². The number of benzene rings is 1. The van der Waals surface area contributed by atoms with Crippen LogP contribution in [0.2, 0.25) is 0 Å². The fraction of sp³-hybridized carbons (Fsp3) is 0.429. The van der Waals surface area contributed by atoms with Crippen LogP contribution < -0.4 is 10.1 Å². The number of hydrogen-bond donors (Lipinski definition) is 2. The minimum absolute atomic E-state index is 0. The molecule has 2 N–H and O–H groups in total. The van der Waals surface area contributed by atoms with Crippen molar-refractivity contribution in [1.82, 2.24) is 10.2 Å². The van der Waals surface area contributed by atoms with E-state index in [4.69, 9.17) is 15.1 Å². The normalized spacial score (nSPS) is 17.5. The van der Waals surface area contributed by atoms with Crippen molar-refractivity contribution in [3.05, 3.63) is 29.8 Å². The Morgan fingerprint density at radius 2 is 2.19 bits per heavy atom. The van der Waals surface area contributed by atoms with Gasteiger partial charge in [0, 0.05) is 25.7 Å². The van der Waals surface area contributed by atoms with Crippen molar-refractivity contribution in [2.45, 2.75) is 12.5 Å². The molecule has 0 radical (unpaired) electrons. The molecule has 0 saturated carbocycles. The van der Waals surface area contributed by atoms with E-state index in [0.717, 1.165) is 12.2 Å². The summed E-state index contributed by atoms with van der Waals surface area (Å²) in [5.74, 6) is 0.718. The number of ether oxygens (including phenoxy) is 1. The number of piperazine rings is 1. The number of carboxylic acid groups (broad SMARTS) is 1. The fourth-order valence-electron chi connectivity index (χ4n) is 2.14. The summed E-state index contributed by atoms with van der Waals surface area (Å²) in [7, 11) is 0. The van der Waals surface area contributed by atoms with E-state index in [2.05, 4.69) is 11.4 Å². The Balaban J connectivity index is 0.00000220. The summed E-state index contributed by atoms with van der Waals surface area (Å²) in [5.41, 5.74) is 0.600. The zero-order valence-electron chi connectivity index (χ0n) is 11.5. The molecule has 0 aromatic heterocycles. The molecule has 114 valence electrons. The van der Waals surface area contributed by atoms with Crippen molar-refractivity contribution in [1.29, 1.82) is 5.26 Å². The van der Waals surface area contributed by atoms with Gasteiger partial charge in [-0.15, -0.1) is 12.4 Å². The molecule has 1 aromatic carbocycles. The molecule has 0 aliphatic carbocycles. The second kappa shape index (κ2) is 8.35. The molecule has 1 amide bonds. The number of hydrogen-bond acceptors (Lipinski definition) is 4. The smallest absolute Gasteiger partial charge is 0.407 e. The van der Waals surface area contributed by atoms with Gasteiger partial charge in [0.1, 0.15) is 5.75 Å². The maximum absolute atomic E-state index is 10.9. The van der Waals surface area contributed by atoms with E-state index in [1.165, 1.54) is 4.90 Å². The van der Waals surface area contributed by atoms with E-state index in [9.17, 15) is 4.79 Å². The van der Waals surface area contributed by atoms with Crippen molar-refractivity contribution in [3.63, 3.8) is 0 Å². The number of halogens is 1. The number of carbonyl (C=O) groups is 1. The second-order valence-electron chi connectivity index (χ2n) is 4.65. The summed E-state index contributed by atoms with van der Waals surface area (Å²) < 4.78 is 5.59.